The Bertz CT molecular complexity index is 599. The van der Waals surface area contributed by atoms with Crippen LogP contribution in [-0.2, 0) is 4.79 Å². The third-order valence-corrected chi connectivity index (χ3v) is 7.82. The summed E-state index contributed by atoms with van der Waals surface area (Å²) in [7, 11) is 0. The molecule has 0 saturated heterocycles. The van der Waals surface area contributed by atoms with Crippen molar-refractivity contribution < 1.29 is 25.2 Å². The highest BCUT2D eigenvalue weighted by molar-refractivity contribution is 5.75. The summed E-state index contributed by atoms with van der Waals surface area (Å²) in [5.41, 5.74) is -1.82. The van der Waals surface area contributed by atoms with E-state index in [0.717, 1.165) is 12.8 Å². The average Bonchev–Trinajstić information content (AvgIpc) is 2.50. The monoisotopic (exact) mass is 352 g/mol. The number of fused-ring (bicyclic) bond motifs is 3. The predicted molar refractivity (Wildman–Crippen MR) is 93.8 cm³/mol. The summed E-state index contributed by atoms with van der Waals surface area (Å²) < 4.78 is 0. The summed E-state index contributed by atoms with van der Waals surface area (Å²) in [5, 5.41) is 42.6. The molecule has 0 heterocycles. The number of hydrogen-bond donors (Lipinski definition) is 4. The van der Waals surface area contributed by atoms with Gasteiger partial charge in [0.05, 0.1) is 17.1 Å². The van der Waals surface area contributed by atoms with Gasteiger partial charge in [-0.05, 0) is 55.4 Å². The molecule has 5 nitrogen and oxygen atoms in total. The molecule has 0 aromatic carbocycles. The van der Waals surface area contributed by atoms with E-state index in [1.165, 1.54) is 0 Å². The molecule has 0 amide bonds. The van der Waals surface area contributed by atoms with Crippen LogP contribution in [0.5, 0.6) is 0 Å². The Kier molecular flexibility index (Phi) is 4.37. The van der Waals surface area contributed by atoms with Crippen LogP contribution in [0.2, 0.25) is 0 Å². The first-order valence-electron chi connectivity index (χ1n) is 9.52. The second-order valence-electron chi connectivity index (χ2n) is 9.36. The van der Waals surface area contributed by atoms with Gasteiger partial charge in [0, 0.05) is 5.92 Å². The number of carboxylic acids is 1. The van der Waals surface area contributed by atoms with Crippen LogP contribution in [0.15, 0.2) is 11.6 Å². The van der Waals surface area contributed by atoms with E-state index < -0.39 is 29.2 Å². The molecule has 7 unspecified atom stereocenters. The first-order chi connectivity index (χ1) is 11.5. The van der Waals surface area contributed by atoms with Crippen LogP contribution in [-0.4, -0.2) is 44.2 Å². The van der Waals surface area contributed by atoms with Gasteiger partial charge in [0.2, 0.25) is 0 Å². The lowest BCUT2D eigenvalue weighted by Crippen LogP contribution is -2.62. The number of aliphatic hydroxyl groups is 3. The van der Waals surface area contributed by atoms with E-state index in [1.807, 2.05) is 13.8 Å². The Hall–Kier alpha value is -0.910. The molecule has 7 atom stereocenters. The van der Waals surface area contributed by atoms with E-state index in [0.29, 0.717) is 24.8 Å². The van der Waals surface area contributed by atoms with Crippen molar-refractivity contribution in [1.29, 1.82) is 0 Å². The highest BCUT2D eigenvalue weighted by atomic mass is 16.4. The second kappa shape index (κ2) is 5.80. The van der Waals surface area contributed by atoms with Crippen molar-refractivity contribution in [2.24, 2.45) is 28.6 Å². The molecule has 0 bridgehead atoms. The number of carbonyl (C=O) groups is 1. The van der Waals surface area contributed by atoms with Crippen LogP contribution in [0.3, 0.4) is 0 Å². The van der Waals surface area contributed by atoms with E-state index >= 15 is 0 Å². The lowest BCUT2D eigenvalue weighted by Gasteiger charge is -2.60. The Morgan fingerprint density at radius 3 is 2.40 bits per heavy atom. The molecule has 142 valence electrons. The summed E-state index contributed by atoms with van der Waals surface area (Å²) in [6, 6.07) is 0. The van der Waals surface area contributed by atoms with Crippen molar-refractivity contribution in [3.63, 3.8) is 0 Å². The van der Waals surface area contributed by atoms with Crippen LogP contribution in [0.4, 0.5) is 0 Å². The maximum Gasteiger partial charge on any atom is 0.309 e. The fraction of sp³-hybridized carbons (Fsp3) is 0.850. The number of carboxylic acid groups (broad SMARTS) is 1. The van der Waals surface area contributed by atoms with Crippen molar-refractivity contribution >= 4 is 5.97 Å². The highest BCUT2D eigenvalue weighted by Crippen LogP contribution is 2.63. The molecular formula is C20H32O5. The summed E-state index contributed by atoms with van der Waals surface area (Å²) in [6.45, 7) is 7.63. The van der Waals surface area contributed by atoms with Gasteiger partial charge in [-0.3, -0.25) is 4.79 Å². The molecule has 0 radical (unpaired) electrons. The molecule has 0 spiro atoms. The third kappa shape index (κ3) is 2.42. The fourth-order valence-corrected chi connectivity index (χ4v) is 6.25. The molecule has 0 aliphatic heterocycles. The van der Waals surface area contributed by atoms with Gasteiger partial charge in [-0.25, -0.2) is 0 Å². The van der Waals surface area contributed by atoms with Crippen LogP contribution < -0.4 is 0 Å². The standard InChI is InChI=1S/C20H32O5/c1-11(2)20(25)9-6-13-12(16(20)22)10-14(21)15-18(13,3)7-5-8-19(15,4)17(23)24/h10-11,13-16,21-22,25H,5-9H2,1-4H3,(H,23,24). The second-order valence-corrected chi connectivity index (χ2v) is 9.36. The van der Waals surface area contributed by atoms with Crippen LogP contribution in [0, 0.1) is 28.6 Å². The zero-order valence-electron chi connectivity index (χ0n) is 15.7. The Morgan fingerprint density at radius 2 is 1.84 bits per heavy atom. The van der Waals surface area contributed by atoms with Crippen LogP contribution in [0.25, 0.3) is 0 Å². The van der Waals surface area contributed by atoms with Gasteiger partial charge in [0.25, 0.3) is 0 Å². The SMILES string of the molecule is CC(C)C1(O)CCC2C(=CC(O)C3C(C)(C(=O)O)CCCC23C)C1O. The predicted octanol–water partition coefficient (Wildman–Crippen LogP) is 2.34. The molecule has 25 heavy (non-hydrogen) atoms. The topological polar surface area (TPSA) is 98.0 Å². The van der Waals surface area contributed by atoms with E-state index in [4.69, 9.17) is 0 Å². The number of aliphatic carboxylic acids is 1. The molecule has 2 saturated carbocycles. The van der Waals surface area contributed by atoms with Gasteiger partial charge in [-0.2, -0.15) is 0 Å². The normalized spacial score (nSPS) is 50.0. The average molecular weight is 352 g/mol. The zero-order chi connectivity index (χ0) is 18.8. The van der Waals surface area contributed by atoms with Crippen LogP contribution in [0.1, 0.15) is 59.8 Å². The van der Waals surface area contributed by atoms with Gasteiger partial charge in [0.15, 0.2) is 0 Å². The smallest absolute Gasteiger partial charge is 0.309 e. The van der Waals surface area contributed by atoms with E-state index in [1.54, 1.807) is 13.0 Å². The summed E-state index contributed by atoms with van der Waals surface area (Å²) in [5.74, 6) is -1.32. The Balaban J connectivity index is 2.08. The lowest BCUT2D eigenvalue weighted by atomic mass is 9.44. The van der Waals surface area contributed by atoms with Gasteiger partial charge in [-0.1, -0.05) is 33.3 Å². The Labute approximate surface area is 149 Å². The Morgan fingerprint density at radius 1 is 1.20 bits per heavy atom. The largest absolute Gasteiger partial charge is 0.481 e. The zero-order valence-corrected chi connectivity index (χ0v) is 15.7. The quantitative estimate of drug-likeness (QED) is 0.572. The molecule has 0 aromatic rings. The minimum absolute atomic E-state index is 0.00824. The molecule has 4 N–H and O–H groups in total. The minimum Gasteiger partial charge on any atom is -0.481 e. The number of hydrogen-bond acceptors (Lipinski definition) is 4. The molecular weight excluding hydrogens is 320 g/mol. The van der Waals surface area contributed by atoms with Gasteiger partial charge >= 0.3 is 5.97 Å². The van der Waals surface area contributed by atoms with E-state index in [2.05, 4.69) is 6.92 Å². The summed E-state index contributed by atoms with van der Waals surface area (Å²) >= 11 is 0. The van der Waals surface area contributed by atoms with Crippen molar-refractivity contribution in [1.82, 2.24) is 0 Å². The first kappa shape index (κ1) is 18.9. The van der Waals surface area contributed by atoms with Gasteiger partial charge in [0.1, 0.15) is 6.10 Å². The maximum absolute atomic E-state index is 12.0. The molecule has 3 aliphatic rings. The molecule has 2 fully saturated rings. The lowest BCUT2D eigenvalue weighted by molar-refractivity contribution is -0.179. The summed E-state index contributed by atoms with van der Waals surface area (Å²) in [6.07, 6.45) is 3.15. The van der Waals surface area contributed by atoms with E-state index in [-0.39, 0.29) is 23.2 Å². The summed E-state index contributed by atoms with van der Waals surface area (Å²) in [4.78, 5) is 12.0. The van der Waals surface area contributed by atoms with Gasteiger partial charge < -0.3 is 20.4 Å². The number of aliphatic hydroxyl groups excluding tert-OH is 2. The van der Waals surface area contributed by atoms with Crippen molar-refractivity contribution in [2.45, 2.75) is 77.6 Å². The van der Waals surface area contributed by atoms with Crippen molar-refractivity contribution in [3.8, 4) is 0 Å². The first-order valence-corrected chi connectivity index (χ1v) is 9.52. The van der Waals surface area contributed by atoms with Crippen LogP contribution >= 0.6 is 0 Å². The third-order valence-electron chi connectivity index (χ3n) is 7.82. The van der Waals surface area contributed by atoms with Crippen molar-refractivity contribution in [2.75, 3.05) is 0 Å². The molecule has 0 aromatic heterocycles. The molecule has 5 heteroatoms. The number of rotatable bonds is 2. The molecule has 3 rings (SSSR count). The fourth-order valence-electron chi connectivity index (χ4n) is 6.25. The van der Waals surface area contributed by atoms with Gasteiger partial charge in [-0.15, -0.1) is 0 Å². The maximum atomic E-state index is 12.0. The minimum atomic E-state index is -1.18. The highest BCUT2D eigenvalue weighted by Gasteiger charge is 2.63. The van der Waals surface area contributed by atoms with Crippen molar-refractivity contribution in [3.05, 3.63) is 11.6 Å². The molecule has 3 aliphatic carbocycles. The van der Waals surface area contributed by atoms with E-state index in [9.17, 15) is 25.2 Å².